The maximum atomic E-state index is 12.2. The summed E-state index contributed by atoms with van der Waals surface area (Å²) in [5, 5.41) is 0. The summed E-state index contributed by atoms with van der Waals surface area (Å²) in [6.07, 6.45) is 1.53. The second-order valence-electron chi connectivity index (χ2n) is 5.97. The highest BCUT2D eigenvalue weighted by Crippen LogP contribution is 2.18. The summed E-state index contributed by atoms with van der Waals surface area (Å²) in [5.74, 6) is -0.384. The maximum Gasteiger partial charge on any atom is 0.344 e. The molecule has 0 saturated carbocycles. The Balaban J connectivity index is 1.42. The number of benzene rings is 2. The zero-order valence-electron chi connectivity index (χ0n) is 14.2. The fraction of sp³-hybridized carbons (Fsp3) is 0.250. The van der Waals surface area contributed by atoms with E-state index in [0.29, 0.717) is 24.4 Å². The van der Waals surface area contributed by atoms with E-state index in [1.54, 1.807) is 29.2 Å². The molecule has 0 atom stereocenters. The number of fused-ring (bicyclic) bond motifs is 1. The van der Waals surface area contributed by atoms with E-state index >= 15 is 0 Å². The Hall–Kier alpha value is -3.15. The summed E-state index contributed by atoms with van der Waals surface area (Å²) in [6, 6.07) is 14.4. The predicted octanol–water partition coefficient (Wildman–Crippen LogP) is 2.01. The number of carbonyl (C=O) groups is 3. The number of esters is 1. The van der Waals surface area contributed by atoms with Crippen LogP contribution in [0.3, 0.4) is 0 Å². The lowest BCUT2D eigenvalue weighted by Gasteiger charge is -2.28. The first kappa shape index (κ1) is 17.7. The van der Waals surface area contributed by atoms with Gasteiger partial charge in [0.05, 0.1) is 0 Å². The van der Waals surface area contributed by atoms with E-state index in [1.165, 1.54) is 5.56 Å². The zero-order valence-corrected chi connectivity index (χ0v) is 14.2. The number of hydrogen-bond acceptors (Lipinski definition) is 5. The van der Waals surface area contributed by atoms with Gasteiger partial charge in [0, 0.05) is 18.7 Å². The summed E-state index contributed by atoms with van der Waals surface area (Å²) in [6.45, 7) is 0.560. The molecule has 0 radical (unpaired) electrons. The lowest BCUT2D eigenvalue weighted by atomic mass is 10.00. The minimum Gasteiger partial charge on any atom is -0.482 e. The van der Waals surface area contributed by atoms with Crippen LogP contribution >= 0.6 is 0 Å². The smallest absolute Gasteiger partial charge is 0.344 e. The molecule has 1 heterocycles. The Labute approximate surface area is 151 Å². The average molecular weight is 353 g/mol. The third-order valence-corrected chi connectivity index (χ3v) is 4.21. The molecule has 2 aromatic carbocycles. The Morgan fingerprint density at radius 3 is 2.46 bits per heavy atom. The Morgan fingerprint density at radius 2 is 1.73 bits per heavy atom. The number of aldehydes is 1. The van der Waals surface area contributed by atoms with Gasteiger partial charge in [0.25, 0.3) is 5.91 Å². The van der Waals surface area contributed by atoms with Crippen molar-refractivity contribution >= 4 is 18.2 Å². The molecular weight excluding hydrogens is 334 g/mol. The monoisotopic (exact) mass is 353 g/mol. The van der Waals surface area contributed by atoms with Gasteiger partial charge in [-0.05, 0) is 41.8 Å². The summed E-state index contributed by atoms with van der Waals surface area (Å²) in [5.41, 5.74) is 2.90. The Bertz CT molecular complexity index is 800. The number of carbonyl (C=O) groups excluding carboxylic acids is 3. The largest absolute Gasteiger partial charge is 0.482 e. The van der Waals surface area contributed by atoms with E-state index in [4.69, 9.17) is 9.47 Å². The third-order valence-electron chi connectivity index (χ3n) is 4.21. The van der Waals surface area contributed by atoms with E-state index in [9.17, 15) is 14.4 Å². The van der Waals surface area contributed by atoms with E-state index in [-0.39, 0.29) is 19.1 Å². The maximum absolute atomic E-state index is 12.2. The molecular formula is C20H19NO5. The van der Waals surface area contributed by atoms with Crippen molar-refractivity contribution in [3.05, 3.63) is 65.2 Å². The van der Waals surface area contributed by atoms with Gasteiger partial charge in [-0.1, -0.05) is 24.3 Å². The molecule has 0 fully saturated rings. The topological polar surface area (TPSA) is 72.9 Å². The number of hydrogen-bond donors (Lipinski definition) is 0. The van der Waals surface area contributed by atoms with E-state index in [2.05, 4.69) is 6.07 Å². The molecule has 1 aliphatic rings. The normalized spacial score (nSPS) is 12.8. The highest BCUT2D eigenvalue weighted by atomic mass is 16.6. The lowest BCUT2D eigenvalue weighted by molar-refractivity contribution is -0.154. The van der Waals surface area contributed by atoms with Crippen LogP contribution in [0, 0.1) is 0 Å². The fourth-order valence-electron chi connectivity index (χ4n) is 2.77. The molecule has 6 nitrogen and oxygen atoms in total. The molecule has 0 bridgehead atoms. The first-order valence-electron chi connectivity index (χ1n) is 8.34. The zero-order chi connectivity index (χ0) is 18.4. The highest BCUT2D eigenvalue weighted by molar-refractivity contribution is 5.81. The van der Waals surface area contributed by atoms with Crippen LogP contribution in [0.2, 0.25) is 0 Å². The second kappa shape index (κ2) is 8.29. The van der Waals surface area contributed by atoms with Gasteiger partial charge in [-0.15, -0.1) is 0 Å². The van der Waals surface area contributed by atoms with Crippen LogP contribution in [0.1, 0.15) is 21.5 Å². The molecule has 134 valence electrons. The first-order valence-corrected chi connectivity index (χ1v) is 8.34. The van der Waals surface area contributed by atoms with Gasteiger partial charge in [0.1, 0.15) is 12.0 Å². The first-order chi connectivity index (χ1) is 12.7. The minimum absolute atomic E-state index is 0.219. The van der Waals surface area contributed by atoms with Crippen molar-refractivity contribution in [1.29, 1.82) is 0 Å². The van der Waals surface area contributed by atoms with Gasteiger partial charge in [0.2, 0.25) is 0 Å². The third kappa shape index (κ3) is 4.47. The van der Waals surface area contributed by atoms with Crippen LogP contribution in [-0.4, -0.2) is 42.8 Å². The molecule has 1 amide bonds. The van der Waals surface area contributed by atoms with Gasteiger partial charge in [-0.3, -0.25) is 9.59 Å². The van der Waals surface area contributed by atoms with Crippen molar-refractivity contribution in [2.24, 2.45) is 0 Å². The molecule has 0 unspecified atom stereocenters. The van der Waals surface area contributed by atoms with Crippen molar-refractivity contribution in [2.75, 3.05) is 19.8 Å². The molecule has 1 aliphatic heterocycles. The predicted molar refractivity (Wildman–Crippen MR) is 93.8 cm³/mol. The van der Waals surface area contributed by atoms with E-state index < -0.39 is 5.97 Å². The Morgan fingerprint density at radius 1 is 1.00 bits per heavy atom. The van der Waals surface area contributed by atoms with Crippen LogP contribution in [0.15, 0.2) is 48.5 Å². The van der Waals surface area contributed by atoms with Crippen molar-refractivity contribution < 1.29 is 23.9 Å². The lowest BCUT2D eigenvalue weighted by Crippen LogP contribution is -2.38. The standard InChI is InChI=1S/C20H19NO5/c22-12-15-5-7-18(8-6-15)25-14-20(24)26-13-19(23)21-10-9-16-3-1-2-4-17(16)11-21/h1-8,12H,9-11,13-14H2. The molecule has 0 N–H and O–H groups in total. The molecule has 0 saturated heterocycles. The highest BCUT2D eigenvalue weighted by Gasteiger charge is 2.21. The van der Waals surface area contributed by atoms with Gasteiger partial charge < -0.3 is 14.4 Å². The molecule has 0 aromatic heterocycles. The summed E-state index contributed by atoms with van der Waals surface area (Å²) in [4.78, 5) is 36.3. The van der Waals surface area contributed by atoms with Crippen LogP contribution in [0.25, 0.3) is 0 Å². The van der Waals surface area contributed by atoms with Crippen LogP contribution < -0.4 is 4.74 Å². The quantitative estimate of drug-likeness (QED) is 0.587. The number of ether oxygens (including phenoxy) is 2. The molecule has 6 heteroatoms. The summed E-state index contributed by atoms with van der Waals surface area (Å²) < 4.78 is 10.3. The number of rotatable bonds is 6. The van der Waals surface area contributed by atoms with Gasteiger partial charge >= 0.3 is 5.97 Å². The van der Waals surface area contributed by atoms with Gasteiger partial charge in [-0.2, -0.15) is 0 Å². The molecule has 0 aliphatic carbocycles. The van der Waals surface area contributed by atoms with Crippen LogP contribution in [0.5, 0.6) is 5.75 Å². The Kier molecular flexibility index (Phi) is 5.63. The molecule has 3 rings (SSSR count). The van der Waals surface area contributed by atoms with Crippen LogP contribution in [0.4, 0.5) is 0 Å². The fourth-order valence-corrected chi connectivity index (χ4v) is 2.77. The van der Waals surface area contributed by atoms with Gasteiger partial charge in [-0.25, -0.2) is 4.79 Å². The summed E-state index contributed by atoms with van der Waals surface area (Å²) in [7, 11) is 0. The second-order valence-corrected chi connectivity index (χ2v) is 5.97. The number of nitrogens with zero attached hydrogens (tertiary/aromatic N) is 1. The SMILES string of the molecule is O=Cc1ccc(OCC(=O)OCC(=O)N2CCc3ccccc3C2)cc1. The van der Waals surface area contributed by atoms with Crippen molar-refractivity contribution in [3.8, 4) is 5.75 Å². The van der Waals surface area contributed by atoms with Crippen LogP contribution in [-0.2, 0) is 27.3 Å². The number of amides is 1. The average Bonchev–Trinajstić information content (AvgIpc) is 2.70. The summed E-state index contributed by atoms with van der Waals surface area (Å²) >= 11 is 0. The van der Waals surface area contributed by atoms with Gasteiger partial charge in [0.15, 0.2) is 13.2 Å². The molecule has 0 spiro atoms. The van der Waals surface area contributed by atoms with Crippen molar-refractivity contribution in [1.82, 2.24) is 4.90 Å². The van der Waals surface area contributed by atoms with Crippen molar-refractivity contribution in [3.63, 3.8) is 0 Å². The molecule has 26 heavy (non-hydrogen) atoms. The molecule has 2 aromatic rings. The van der Waals surface area contributed by atoms with Crippen molar-refractivity contribution in [2.45, 2.75) is 13.0 Å². The van der Waals surface area contributed by atoms with E-state index in [0.717, 1.165) is 18.3 Å². The minimum atomic E-state index is -0.616. The van der Waals surface area contributed by atoms with E-state index in [1.807, 2.05) is 18.2 Å².